The summed E-state index contributed by atoms with van der Waals surface area (Å²) < 4.78 is 0. The molecular formula is C16H28N2O2. The quantitative estimate of drug-likeness (QED) is 0.793. The second-order valence-electron chi connectivity index (χ2n) is 6.15. The van der Waals surface area contributed by atoms with Gasteiger partial charge in [0.1, 0.15) is 0 Å². The molecule has 2 aliphatic rings. The summed E-state index contributed by atoms with van der Waals surface area (Å²) in [4.78, 5) is 27.9. The van der Waals surface area contributed by atoms with Gasteiger partial charge in [0.2, 0.25) is 11.8 Å². The lowest BCUT2D eigenvalue weighted by Gasteiger charge is -2.24. The Bertz CT molecular complexity index is 337. The van der Waals surface area contributed by atoms with E-state index < -0.39 is 0 Å². The first-order valence-corrected chi connectivity index (χ1v) is 8.26. The fraction of sp³-hybridized carbons (Fsp3) is 0.875. The van der Waals surface area contributed by atoms with E-state index >= 15 is 0 Å². The van der Waals surface area contributed by atoms with Crippen LogP contribution in [-0.4, -0.2) is 47.8 Å². The predicted octanol–water partition coefficient (Wildman–Crippen LogP) is 2.43. The van der Waals surface area contributed by atoms with E-state index in [0.717, 1.165) is 18.9 Å². The van der Waals surface area contributed by atoms with Gasteiger partial charge in [-0.15, -0.1) is 0 Å². The monoisotopic (exact) mass is 280 g/mol. The Morgan fingerprint density at radius 3 is 2.60 bits per heavy atom. The molecule has 0 radical (unpaired) electrons. The summed E-state index contributed by atoms with van der Waals surface area (Å²) in [6.45, 7) is 4.77. The number of rotatable bonds is 4. The van der Waals surface area contributed by atoms with Crippen molar-refractivity contribution in [3.63, 3.8) is 0 Å². The smallest absolute Gasteiger partial charge is 0.224 e. The van der Waals surface area contributed by atoms with Crippen LogP contribution in [0.2, 0.25) is 0 Å². The van der Waals surface area contributed by atoms with E-state index in [1.165, 1.54) is 32.1 Å². The molecule has 2 rings (SSSR count). The maximum Gasteiger partial charge on any atom is 0.224 e. The molecule has 0 spiro atoms. The van der Waals surface area contributed by atoms with Crippen LogP contribution in [0, 0.1) is 5.92 Å². The molecule has 0 unspecified atom stereocenters. The van der Waals surface area contributed by atoms with Crippen LogP contribution in [-0.2, 0) is 9.59 Å². The molecule has 114 valence electrons. The topological polar surface area (TPSA) is 40.6 Å². The van der Waals surface area contributed by atoms with Crippen LogP contribution < -0.4 is 0 Å². The van der Waals surface area contributed by atoms with Gasteiger partial charge in [0, 0.05) is 39.0 Å². The largest absolute Gasteiger partial charge is 0.341 e. The number of hydrogen-bond donors (Lipinski definition) is 0. The molecule has 0 aromatic carbocycles. The van der Waals surface area contributed by atoms with Gasteiger partial charge < -0.3 is 9.80 Å². The van der Waals surface area contributed by atoms with Crippen LogP contribution in [0.4, 0.5) is 0 Å². The average Bonchev–Trinajstić information content (AvgIpc) is 2.67. The molecule has 0 N–H and O–H groups in total. The summed E-state index contributed by atoms with van der Waals surface area (Å²) in [5, 5.41) is 0. The minimum atomic E-state index is 0.190. The fourth-order valence-corrected chi connectivity index (χ4v) is 3.41. The van der Waals surface area contributed by atoms with Gasteiger partial charge in [-0.2, -0.15) is 0 Å². The Balaban J connectivity index is 1.75. The van der Waals surface area contributed by atoms with Crippen molar-refractivity contribution in [2.45, 2.75) is 58.3 Å². The second kappa shape index (κ2) is 7.65. The Hall–Kier alpha value is -1.06. The molecule has 20 heavy (non-hydrogen) atoms. The third-order valence-electron chi connectivity index (χ3n) is 4.81. The maximum atomic E-state index is 12.3. The number of hydrogen-bond acceptors (Lipinski definition) is 2. The Morgan fingerprint density at radius 2 is 1.90 bits per heavy atom. The zero-order valence-electron chi connectivity index (χ0n) is 12.8. The first kappa shape index (κ1) is 15.3. The van der Waals surface area contributed by atoms with Crippen molar-refractivity contribution in [1.29, 1.82) is 0 Å². The summed E-state index contributed by atoms with van der Waals surface area (Å²) in [5.74, 6) is 1.20. The average molecular weight is 280 g/mol. The van der Waals surface area contributed by atoms with E-state index in [2.05, 4.69) is 0 Å². The lowest BCUT2D eigenvalue weighted by atomic mass is 9.86. The van der Waals surface area contributed by atoms with Gasteiger partial charge in [-0.3, -0.25) is 9.59 Å². The van der Waals surface area contributed by atoms with Gasteiger partial charge in [0.15, 0.2) is 0 Å². The van der Waals surface area contributed by atoms with E-state index in [1.54, 1.807) is 0 Å². The Labute approximate surface area is 122 Å². The van der Waals surface area contributed by atoms with E-state index in [4.69, 9.17) is 0 Å². The minimum Gasteiger partial charge on any atom is -0.341 e. The number of carbonyl (C=O) groups is 2. The highest BCUT2D eigenvalue weighted by Gasteiger charge is 2.23. The highest BCUT2D eigenvalue weighted by molar-refractivity contribution is 5.80. The lowest BCUT2D eigenvalue weighted by Crippen LogP contribution is -2.35. The second-order valence-corrected chi connectivity index (χ2v) is 6.15. The van der Waals surface area contributed by atoms with Crippen LogP contribution in [0.15, 0.2) is 0 Å². The molecule has 0 bridgehead atoms. The summed E-state index contributed by atoms with van der Waals surface area (Å²) >= 11 is 0. The molecular weight excluding hydrogens is 252 g/mol. The molecule has 1 saturated carbocycles. The van der Waals surface area contributed by atoms with Crippen molar-refractivity contribution in [3.8, 4) is 0 Å². The molecule has 0 atom stereocenters. The van der Waals surface area contributed by atoms with Crippen LogP contribution >= 0.6 is 0 Å². The van der Waals surface area contributed by atoms with Crippen molar-refractivity contribution in [1.82, 2.24) is 9.80 Å². The molecule has 4 nitrogen and oxygen atoms in total. The zero-order chi connectivity index (χ0) is 14.4. The zero-order valence-corrected chi connectivity index (χ0v) is 12.8. The first-order chi connectivity index (χ1) is 9.70. The highest BCUT2D eigenvalue weighted by atomic mass is 16.2. The van der Waals surface area contributed by atoms with E-state index in [0.29, 0.717) is 32.5 Å². The van der Waals surface area contributed by atoms with Crippen LogP contribution in [0.5, 0.6) is 0 Å². The van der Waals surface area contributed by atoms with Crippen molar-refractivity contribution in [3.05, 3.63) is 0 Å². The summed E-state index contributed by atoms with van der Waals surface area (Å²) in [7, 11) is 0. The van der Waals surface area contributed by atoms with Gasteiger partial charge >= 0.3 is 0 Å². The molecule has 0 aromatic heterocycles. The molecule has 0 aromatic rings. The number of carbonyl (C=O) groups excluding carboxylic acids is 2. The third-order valence-corrected chi connectivity index (χ3v) is 4.81. The fourth-order valence-electron chi connectivity index (χ4n) is 3.41. The molecule has 1 aliphatic carbocycles. The molecule has 1 heterocycles. The number of likely N-dealkylation sites (N-methyl/N-ethyl adjacent to an activating group) is 1. The Kier molecular flexibility index (Phi) is 5.86. The van der Waals surface area contributed by atoms with Gasteiger partial charge in [0.25, 0.3) is 0 Å². The van der Waals surface area contributed by atoms with Gasteiger partial charge in [-0.05, 0) is 19.3 Å². The third kappa shape index (κ3) is 4.22. The molecule has 4 heteroatoms. The standard InChI is InChI=1S/C16H28N2O2/c1-2-17-12-13-18(11-10-16(17)20)15(19)9-8-14-6-4-3-5-7-14/h14H,2-13H2,1H3. The number of amides is 2. The highest BCUT2D eigenvalue weighted by Crippen LogP contribution is 2.27. The van der Waals surface area contributed by atoms with Crippen LogP contribution in [0.25, 0.3) is 0 Å². The number of nitrogens with zero attached hydrogens (tertiary/aromatic N) is 2. The SMILES string of the molecule is CCN1CCN(C(=O)CCC2CCCCC2)CCC1=O. The molecule has 2 amide bonds. The lowest BCUT2D eigenvalue weighted by molar-refractivity contribution is -0.131. The van der Waals surface area contributed by atoms with Crippen molar-refractivity contribution in [2.75, 3.05) is 26.2 Å². The minimum absolute atomic E-state index is 0.190. The normalized spacial score (nSPS) is 21.9. The molecule has 1 aliphatic heterocycles. The van der Waals surface area contributed by atoms with E-state index in [1.807, 2.05) is 16.7 Å². The van der Waals surface area contributed by atoms with Crippen molar-refractivity contribution < 1.29 is 9.59 Å². The molecule has 2 fully saturated rings. The summed E-state index contributed by atoms with van der Waals surface area (Å²) in [6, 6.07) is 0. The van der Waals surface area contributed by atoms with E-state index in [-0.39, 0.29) is 11.8 Å². The van der Waals surface area contributed by atoms with Gasteiger partial charge in [-0.25, -0.2) is 0 Å². The maximum absolute atomic E-state index is 12.3. The summed E-state index contributed by atoms with van der Waals surface area (Å²) in [6.07, 6.45) is 8.84. The molecule has 1 saturated heterocycles. The van der Waals surface area contributed by atoms with Crippen LogP contribution in [0.3, 0.4) is 0 Å². The van der Waals surface area contributed by atoms with Crippen molar-refractivity contribution in [2.24, 2.45) is 5.92 Å². The Morgan fingerprint density at radius 1 is 1.15 bits per heavy atom. The predicted molar refractivity (Wildman–Crippen MR) is 79.3 cm³/mol. The van der Waals surface area contributed by atoms with Crippen LogP contribution in [0.1, 0.15) is 58.3 Å². The van der Waals surface area contributed by atoms with Gasteiger partial charge in [0.05, 0.1) is 0 Å². The first-order valence-electron chi connectivity index (χ1n) is 8.26. The summed E-state index contributed by atoms with van der Waals surface area (Å²) in [5.41, 5.74) is 0. The van der Waals surface area contributed by atoms with E-state index in [9.17, 15) is 9.59 Å². The van der Waals surface area contributed by atoms with Crippen molar-refractivity contribution >= 4 is 11.8 Å². The van der Waals surface area contributed by atoms with Gasteiger partial charge in [-0.1, -0.05) is 32.1 Å².